The molecule has 114 valence electrons. The van der Waals surface area contributed by atoms with Crippen molar-refractivity contribution in [1.82, 2.24) is 4.90 Å². The number of nitrogens with two attached hydrogens (primary N) is 1. The van der Waals surface area contributed by atoms with Crippen LogP contribution in [0.3, 0.4) is 0 Å². The van der Waals surface area contributed by atoms with Gasteiger partial charge in [0.1, 0.15) is 0 Å². The molecule has 5 heteroatoms. The highest BCUT2D eigenvalue weighted by molar-refractivity contribution is 5.78. The highest BCUT2D eigenvalue weighted by atomic mass is 16.7. The van der Waals surface area contributed by atoms with Crippen molar-refractivity contribution in [3.8, 4) is 11.5 Å². The van der Waals surface area contributed by atoms with Gasteiger partial charge in [-0.1, -0.05) is 25.3 Å². The van der Waals surface area contributed by atoms with E-state index >= 15 is 0 Å². The molecule has 0 radical (unpaired) electrons. The molecule has 1 aliphatic carbocycles. The number of ether oxygens (including phenoxy) is 2. The van der Waals surface area contributed by atoms with E-state index < -0.39 is 0 Å². The van der Waals surface area contributed by atoms with Crippen molar-refractivity contribution >= 4 is 5.91 Å². The highest BCUT2D eigenvalue weighted by Crippen LogP contribution is 2.33. The maximum atomic E-state index is 12.2. The molecule has 2 aliphatic rings. The van der Waals surface area contributed by atoms with E-state index in [0.29, 0.717) is 12.6 Å². The fourth-order valence-corrected chi connectivity index (χ4v) is 3.17. The lowest BCUT2D eigenvalue weighted by atomic mass is 9.93. The van der Waals surface area contributed by atoms with E-state index in [-0.39, 0.29) is 19.2 Å². The van der Waals surface area contributed by atoms with Gasteiger partial charge in [-0.3, -0.25) is 4.79 Å². The average Bonchev–Trinajstić information content (AvgIpc) is 3.00. The standard InChI is InChI=1S/C16H22N2O3/c17-9-16(19)18(13-4-2-1-3-5-13)10-12-6-7-14-15(8-12)21-11-20-14/h6-8,13H,1-5,9-11,17H2. The number of nitrogens with zero attached hydrogens (tertiary/aromatic N) is 1. The van der Waals surface area contributed by atoms with Gasteiger partial charge in [-0.15, -0.1) is 0 Å². The van der Waals surface area contributed by atoms with Crippen LogP contribution >= 0.6 is 0 Å². The first kappa shape index (κ1) is 14.2. The van der Waals surface area contributed by atoms with Gasteiger partial charge >= 0.3 is 0 Å². The Morgan fingerprint density at radius 1 is 1.19 bits per heavy atom. The smallest absolute Gasteiger partial charge is 0.236 e. The monoisotopic (exact) mass is 290 g/mol. The van der Waals surface area contributed by atoms with Crippen molar-refractivity contribution in [3.63, 3.8) is 0 Å². The van der Waals surface area contributed by atoms with Crippen molar-refractivity contribution in [3.05, 3.63) is 23.8 Å². The third-order valence-corrected chi connectivity index (χ3v) is 4.30. The van der Waals surface area contributed by atoms with Crippen molar-refractivity contribution in [2.24, 2.45) is 5.73 Å². The molecule has 0 spiro atoms. The van der Waals surface area contributed by atoms with Crippen LogP contribution in [0, 0.1) is 0 Å². The average molecular weight is 290 g/mol. The molecule has 21 heavy (non-hydrogen) atoms. The van der Waals surface area contributed by atoms with E-state index in [1.807, 2.05) is 23.1 Å². The van der Waals surface area contributed by atoms with Crippen LogP contribution in [-0.4, -0.2) is 30.2 Å². The summed E-state index contributed by atoms with van der Waals surface area (Å²) in [5.74, 6) is 1.56. The summed E-state index contributed by atoms with van der Waals surface area (Å²) in [6, 6.07) is 6.18. The maximum Gasteiger partial charge on any atom is 0.236 e. The van der Waals surface area contributed by atoms with Crippen LogP contribution in [0.2, 0.25) is 0 Å². The highest BCUT2D eigenvalue weighted by Gasteiger charge is 2.25. The molecule has 0 atom stereocenters. The number of rotatable bonds is 4. The lowest BCUT2D eigenvalue weighted by Gasteiger charge is -2.34. The number of benzene rings is 1. The summed E-state index contributed by atoms with van der Waals surface area (Å²) >= 11 is 0. The molecule has 0 unspecified atom stereocenters. The summed E-state index contributed by atoms with van der Waals surface area (Å²) in [7, 11) is 0. The predicted octanol–water partition coefficient (Wildman–Crippen LogP) is 2.04. The van der Waals surface area contributed by atoms with Crippen LogP contribution in [-0.2, 0) is 11.3 Å². The molecule has 3 rings (SSSR count). The van der Waals surface area contributed by atoms with Gasteiger partial charge in [0.2, 0.25) is 12.7 Å². The molecule has 0 saturated heterocycles. The molecule has 1 saturated carbocycles. The SMILES string of the molecule is NCC(=O)N(Cc1ccc2c(c1)OCO2)C1CCCCC1. The minimum Gasteiger partial charge on any atom is -0.454 e. The van der Waals surface area contributed by atoms with Crippen LogP contribution in [0.1, 0.15) is 37.7 Å². The van der Waals surface area contributed by atoms with E-state index in [4.69, 9.17) is 15.2 Å². The quantitative estimate of drug-likeness (QED) is 0.921. The van der Waals surface area contributed by atoms with E-state index in [2.05, 4.69) is 0 Å². The van der Waals surface area contributed by atoms with Crippen molar-refractivity contribution < 1.29 is 14.3 Å². The van der Waals surface area contributed by atoms with E-state index in [1.165, 1.54) is 19.3 Å². The molecular formula is C16H22N2O3. The molecule has 0 bridgehead atoms. The number of hydrogen-bond donors (Lipinski definition) is 1. The van der Waals surface area contributed by atoms with Crippen LogP contribution < -0.4 is 15.2 Å². The normalized spacial score (nSPS) is 17.8. The molecule has 0 aromatic heterocycles. The number of carbonyl (C=O) groups excluding carboxylic acids is 1. The number of carbonyl (C=O) groups is 1. The van der Waals surface area contributed by atoms with Crippen LogP contribution in [0.4, 0.5) is 0 Å². The summed E-state index contributed by atoms with van der Waals surface area (Å²) in [6.07, 6.45) is 5.82. The van der Waals surface area contributed by atoms with Crippen molar-refractivity contribution in [2.45, 2.75) is 44.7 Å². The Hall–Kier alpha value is -1.75. The van der Waals surface area contributed by atoms with Gasteiger partial charge in [0.25, 0.3) is 0 Å². The minimum atomic E-state index is 0.0274. The third kappa shape index (κ3) is 3.13. The lowest BCUT2D eigenvalue weighted by molar-refractivity contribution is -0.133. The largest absolute Gasteiger partial charge is 0.454 e. The zero-order chi connectivity index (χ0) is 14.7. The van der Waals surface area contributed by atoms with Gasteiger partial charge in [-0.2, -0.15) is 0 Å². The maximum absolute atomic E-state index is 12.2. The van der Waals surface area contributed by atoms with E-state index in [9.17, 15) is 4.79 Å². The van der Waals surface area contributed by atoms with Gasteiger partial charge < -0.3 is 20.1 Å². The second-order valence-corrected chi connectivity index (χ2v) is 5.71. The van der Waals surface area contributed by atoms with Crippen LogP contribution in [0.5, 0.6) is 11.5 Å². The molecule has 5 nitrogen and oxygen atoms in total. The number of amides is 1. The molecule has 1 heterocycles. The Morgan fingerprint density at radius 3 is 2.71 bits per heavy atom. The second kappa shape index (κ2) is 6.35. The van der Waals surface area contributed by atoms with E-state index in [0.717, 1.165) is 29.9 Å². The zero-order valence-corrected chi connectivity index (χ0v) is 12.2. The van der Waals surface area contributed by atoms with Gasteiger partial charge in [-0.25, -0.2) is 0 Å². The molecule has 1 amide bonds. The molecule has 1 aliphatic heterocycles. The topological polar surface area (TPSA) is 64.8 Å². The predicted molar refractivity (Wildman–Crippen MR) is 79.0 cm³/mol. The van der Waals surface area contributed by atoms with Crippen LogP contribution in [0.15, 0.2) is 18.2 Å². The van der Waals surface area contributed by atoms with Gasteiger partial charge in [0.15, 0.2) is 11.5 Å². The van der Waals surface area contributed by atoms with Gasteiger partial charge in [0.05, 0.1) is 6.54 Å². The molecular weight excluding hydrogens is 268 g/mol. The van der Waals surface area contributed by atoms with E-state index in [1.54, 1.807) is 0 Å². The lowest BCUT2D eigenvalue weighted by Crippen LogP contribution is -2.43. The minimum absolute atomic E-state index is 0.0274. The first-order valence-electron chi connectivity index (χ1n) is 7.66. The van der Waals surface area contributed by atoms with Crippen molar-refractivity contribution in [1.29, 1.82) is 0 Å². The van der Waals surface area contributed by atoms with Crippen LogP contribution in [0.25, 0.3) is 0 Å². The Balaban J connectivity index is 1.75. The first-order valence-corrected chi connectivity index (χ1v) is 7.66. The van der Waals surface area contributed by atoms with Gasteiger partial charge in [0, 0.05) is 12.6 Å². The van der Waals surface area contributed by atoms with Gasteiger partial charge in [-0.05, 0) is 30.5 Å². The fraction of sp³-hybridized carbons (Fsp3) is 0.562. The Morgan fingerprint density at radius 2 is 1.95 bits per heavy atom. The Labute approximate surface area is 125 Å². The zero-order valence-electron chi connectivity index (χ0n) is 12.2. The molecule has 2 N–H and O–H groups in total. The Bertz CT molecular complexity index is 512. The summed E-state index contributed by atoms with van der Waals surface area (Å²) in [4.78, 5) is 14.1. The fourth-order valence-electron chi connectivity index (χ4n) is 3.17. The molecule has 1 fully saturated rings. The van der Waals surface area contributed by atoms with Crippen molar-refractivity contribution in [2.75, 3.05) is 13.3 Å². The third-order valence-electron chi connectivity index (χ3n) is 4.30. The molecule has 1 aromatic rings. The molecule has 1 aromatic carbocycles. The number of hydrogen-bond acceptors (Lipinski definition) is 4. The second-order valence-electron chi connectivity index (χ2n) is 5.71. The summed E-state index contributed by atoms with van der Waals surface area (Å²) in [6.45, 7) is 0.936. The summed E-state index contributed by atoms with van der Waals surface area (Å²) in [5, 5.41) is 0. The summed E-state index contributed by atoms with van der Waals surface area (Å²) < 4.78 is 10.7. The Kier molecular flexibility index (Phi) is 4.29. The first-order chi connectivity index (χ1) is 10.3. The number of fused-ring (bicyclic) bond motifs is 1. The summed E-state index contributed by atoms with van der Waals surface area (Å²) in [5.41, 5.74) is 6.65.